The first-order valence-corrected chi connectivity index (χ1v) is 6.25. The standard InChI is InChI=1S/C11H12N4O2S/c1-12-7-6-10-13-14-11(18-10)8-4-2-3-5-9(8)15(16)17/h2-5,12H,6-7H2,1H3. The first kappa shape index (κ1) is 12.6. The monoisotopic (exact) mass is 264 g/mol. The number of nitrogens with one attached hydrogen (secondary N) is 1. The van der Waals surface area contributed by atoms with Gasteiger partial charge in [0.25, 0.3) is 5.69 Å². The molecule has 0 aliphatic heterocycles. The van der Waals surface area contributed by atoms with E-state index in [4.69, 9.17) is 0 Å². The minimum Gasteiger partial charge on any atom is -0.319 e. The maximum Gasteiger partial charge on any atom is 0.279 e. The Kier molecular flexibility index (Phi) is 3.96. The Morgan fingerprint density at radius 1 is 1.39 bits per heavy atom. The van der Waals surface area contributed by atoms with Crippen LogP contribution in [0.2, 0.25) is 0 Å². The molecule has 0 bridgehead atoms. The van der Waals surface area contributed by atoms with Crippen molar-refractivity contribution in [3.05, 3.63) is 39.4 Å². The minimum atomic E-state index is -0.399. The predicted molar refractivity (Wildman–Crippen MR) is 69.6 cm³/mol. The smallest absolute Gasteiger partial charge is 0.279 e. The number of para-hydroxylation sites is 1. The van der Waals surface area contributed by atoms with E-state index in [1.54, 1.807) is 18.2 Å². The number of rotatable bonds is 5. The number of nitro benzene ring substituents is 1. The van der Waals surface area contributed by atoms with Crippen LogP contribution in [0.15, 0.2) is 24.3 Å². The highest BCUT2D eigenvalue weighted by Crippen LogP contribution is 2.31. The second-order valence-corrected chi connectivity index (χ2v) is 4.69. The number of nitro groups is 1. The van der Waals surface area contributed by atoms with Gasteiger partial charge >= 0.3 is 0 Å². The Labute approximate surface area is 108 Å². The third-order valence-corrected chi connectivity index (χ3v) is 3.40. The van der Waals surface area contributed by atoms with Crippen molar-refractivity contribution >= 4 is 17.0 Å². The van der Waals surface area contributed by atoms with Gasteiger partial charge in [-0.2, -0.15) is 0 Å². The first-order valence-electron chi connectivity index (χ1n) is 5.43. The van der Waals surface area contributed by atoms with Gasteiger partial charge in [0.15, 0.2) is 5.01 Å². The van der Waals surface area contributed by atoms with E-state index in [2.05, 4.69) is 15.5 Å². The molecule has 0 aliphatic rings. The van der Waals surface area contributed by atoms with Gasteiger partial charge in [-0.3, -0.25) is 10.1 Å². The van der Waals surface area contributed by atoms with Gasteiger partial charge in [0.2, 0.25) is 0 Å². The summed E-state index contributed by atoms with van der Waals surface area (Å²) in [6.45, 7) is 0.811. The maximum absolute atomic E-state index is 10.9. The zero-order valence-electron chi connectivity index (χ0n) is 9.79. The SMILES string of the molecule is CNCCc1nnc(-c2ccccc2[N+](=O)[O-])s1. The molecule has 0 unspecified atom stereocenters. The summed E-state index contributed by atoms with van der Waals surface area (Å²) in [4.78, 5) is 10.5. The molecule has 0 saturated carbocycles. The van der Waals surface area contributed by atoms with Crippen LogP contribution in [0.25, 0.3) is 10.6 Å². The van der Waals surface area contributed by atoms with Gasteiger partial charge in [-0.05, 0) is 13.1 Å². The summed E-state index contributed by atoms with van der Waals surface area (Å²) >= 11 is 1.39. The van der Waals surface area contributed by atoms with Crippen LogP contribution in [0, 0.1) is 10.1 Å². The molecule has 1 heterocycles. The van der Waals surface area contributed by atoms with Crippen LogP contribution >= 0.6 is 11.3 Å². The van der Waals surface area contributed by atoms with E-state index in [0.717, 1.165) is 18.0 Å². The van der Waals surface area contributed by atoms with Crippen molar-refractivity contribution in [2.24, 2.45) is 0 Å². The van der Waals surface area contributed by atoms with E-state index in [9.17, 15) is 10.1 Å². The van der Waals surface area contributed by atoms with Crippen molar-refractivity contribution in [1.29, 1.82) is 0 Å². The predicted octanol–water partition coefficient (Wildman–Crippen LogP) is 1.88. The Balaban J connectivity index is 2.31. The number of hydrogen-bond donors (Lipinski definition) is 1. The molecule has 0 fully saturated rings. The molecule has 94 valence electrons. The molecule has 0 radical (unpaired) electrons. The molecule has 2 aromatic rings. The second-order valence-electron chi connectivity index (χ2n) is 3.63. The quantitative estimate of drug-likeness (QED) is 0.658. The van der Waals surface area contributed by atoms with Gasteiger partial charge in [-0.25, -0.2) is 0 Å². The Bertz CT molecular complexity index is 555. The van der Waals surface area contributed by atoms with E-state index in [1.165, 1.54) is 17.4 Å². The number of nitrogens with zero attached hydrogens (tertiary/aromatic N) is 3. The molecule has 0 amide bonds. The van der Waals surface area contributed by atoms with E-state index < -0.39 is 4.92 Å². The molecule has 0 aliphatic carbocycles. The van der Waals surface area contributed by atoms with Gasteiger partial charge in [0.1, 0.15) is 5.01 Å². The van der Waals surface area contributed by atoms with Crippen LogP contribution < -0.4 is 5.32 Å². The number of benzene rings is 1. The first-order chi connectivity index (χ1) is 8.72. The van der Waals surface area contributed by atoms with Crippen LogP contribution in [-0.4, -0.2) is 28.7 Å². The van der Waals surface area contributed by atoms with Crippen LogP contribution in [0.1, 0.15) is 5.01 Å². The molecule has 7 heteroatoms. The summed E-state index contributed by atoms with van der Waals surface area (Å²) in [7, 11) is 1.87. The third-order valence-electron chi connectivity index (χ3n) is 2.39. The van der Waals surface area contributed by atoms with E-state index in [1.807, 2.05) is 7.05 Å². The number of hydrogen-bond acceptors (Lipinski definition) is 6. The summed E-state index contributed by atoms with van der Waals surface area (Å²) < 4.78 is 0. The lowest BCUT2D eigenvalue weighted by molar-refractivity contribution is -0.384. The summed E-state index contributed by atoms with van der Waals surface area (Å²) in [5, 5.41) is 23.5. The van der Waals surface area contributed by atoms with Crippen LogP contribution in [0.4, 0.5) is 5.69 Å². The van der Waals surface area contributed by atoms with E-state index >= 15 is 0 Å². The van der Waals surface area contributed by atoms with Crippen LogP contribution in [-0.2, 0) is 6.42 Å². The third kappa shape index (κ3) is 2.69. The summed E-state index contributed by atoms with van der Waals surface area (Å²) in [5.74, 6) is 0. The van der Waals surface area contributed by atoms with Crippen molar-refractivity contribution < 1.29 is 4.92 Å². The largest absolute Gasteiger partial charge is 0.319 e. The highest BCUT2D eigenvalue weighted by Gasteiger charge is 2.17. The minimum absolute atomic E-state index is 0.0637. The fourth-order valence-corrected chi connectivity index (χ4v) is 2.38. The normalized spacial score (nSPS) is 10.5. The van der Waals surface area contributed by atoms with Gasteiger partial charge in [0.05, 0.1) is 10.5 Å². The number of aromatic nitrogens is 2. The molecule has 1 aromatic heterocycles. The molecule has 18 heavy (non-hydrogen) atoms. The van der Waals surface area contributed by atoms with Gasteiger partial charge in [-0.1, -0.05) is 23.5 Å². The Morgan fingerprint density at radius 3 is 2.89 bits per heavy atom. The highest BCUT2D eigenvalue weighted by molar-refractivity contribution is 7.14. The molecular formula is C11H12N4O2S. The lowest BCUT2D eigenvalue weighted by Crippen LogP contribution is -2.09. The fourth-order valence-electron chi connectivity index (χ4n) is 1.51. The molecule has 0 atom stereocenters. The molecule has 0 saturated heterocycles. The average Bonchev–Trinajstić information content (AvgIpc) is 2.85. The van der Waals surface area contributed by atoms with E-state index in [-0.39, 0.29) is 5.69 Å². The van der Waals surface area contributed by atoms with Crippen molar-refractivity contribution in [2.75, 3.05) is 13.6 Å². The van der Waals surface area contributed by atoms with Crippen LogP contribution in [0.5, 0.6) is 0 Å². The summed E-state index contributed by atoms with van der Waals surface area (Å²) in [6.07, 6.45) is 0.773. The lowest BCUT2D eigenvalue weighted by atomic mass is 10.2. The van der Waals surface area contributed by atoms with Crippen LogP contribution in [0.3, 0.4) is 0 Å². The van der Waals surface area contributed by atoms with Crippen molar-refractivity contribution in [3.8, 4) is 10.6 Å². The fraction of sp³-hybridized carbons (Fsp3) is 0.273. The molecule has 1 N–H and O–H groups in total. The van der Waals surface area contributed by atoms with Gasteiger partial charge < -0.3 is 5.32 Å². The molecule has 1 aromatic carbocycles. The Morgan fingerprint density at radius 2 is 2.17 bits per heavy atom. The van der Waals surface area contributed by atoms with Crippen molar-refractivity contribution in [1.82, 2.24) is 15.5 Å². The van der Waals surface area contributed by atoms with Crippen molar-refractivity contribution in [3.63, 3.8) is 0 Å². The molecular weight excluding hydrogens is 252 g/mol. The lowest BCUT2D eigenvalue weighted by Gasteiger charge is -1.97. The maximum atomic E-state index is 10.9. The van der Waals surface area contributed by atoms with E-state index in [0.29, 0.717) is 10.6 Å². The number of likely N-dealkylation sites (N-methyl/N-ethyl adjacent to an activating group) is 1. The molecule has 2 rings (SSSR count). The zero-order valence-corrected chi connectivity index (χ0v) is 10.6. The second kappa shape index (κ2) is 5.65. The summed E-state index contributed by atoms with van der Waals surface area (Å²) in [5.41, 5.74) is 0.588. The van der Waals surface area contributed by atoms with Crippen molar-refractivity contribution in [2.45, 2.75) is 6.42 Å². The Hall–Kier alpha value is -1.86. The summed E-state index contributed by atoms with van der Waals surface area (Å²) in [6, 6.07) is 6.58. The molecule has 6 nitrogen and oxygen atoms in total. The van der Waals surface area contributed by atoms with Gasteiger partial charge in [-0.15, -0.1) is 10.2 Å². The zero-order chi connectivity index (χ0) is 13.0. The topological polar surface area (TPSA) is 81.0 Å². The average molecular weight is 264 g/mol. The van der Waals surface area contributed by atoms with Gasteiger partial charge in [0, 0.05) is 19.0 Å². The highest BCUT2D eigenvalue weighted by atomic mass is 32.1. The molecule has 0 spiro atoms.